The molecule has 0 fully saturated rings. The van der Waals surface area contributed by atoms with Crippen molar-refractivity contribution >= 4 is 23.2 Å². The third-order valence-corrected chi connectivity index (χ3v) is 3.66. The molecule has 26 heavy (non-hydrogen) atoms. The van der Waals surface area contributed by atoms with Crippen molar-refractivity contribution in [1.82, 2.24) is 5.32 Å². The third kappa shape index (κ3) is 4.98. The van der Waals surface area contributed by atoms with Crippen molar-refractivity contribution in [2.45, 2.75) is 6.54 Å². The van der Waals surface area contributed by atoms with Crippen molar-refractivity contribution in [1.29, 1.82) is 0 Å². The van der Waals surface area contributed by atoms with E-state index in [1.165, 1.54) is 0 Å². The molecule has 6 heteroatoms. The molecule has 3 rings (SSSR count). The summed E-state index contributed by atoms with van der Waals surface area (Å²) in [6, 6.07) is 19.8. The van der Waals surface area contributed by atoms with Gasteiger partial charge >= 0.3 is 0 Å². The van der Waals surface area contributed by atoms with E-state index < -0.39 is 0 Å². The van der Waals surface area contributed by atoms with Crippen LogP contribution >= 0.6 is 0 Å². The highest BCUT2D eigenvalue weighted by molar-refractivity contribution is 5.96. The average molecular weight is 349 g/mol. The first-order valence-electron chi connectivity index (χ1n) is 8.20. The Morgan fingerprint density at radius 2 is 1.62 bits per heavy atom. The molecule has 0 aliphatic carbocycles. The maximum absolute atomic E-state index is 12.1. The summed E-state index contributed by atoms with van der Waals surface area (Å²) in [5, 5.41) is 8.59. The van der Waals surface area contributed by atoms with Gasteiger partial charge in [0, 0.05) is 16.9 Å². The lowest BCUT2D eigenvalue weighted by molar-refractivity contribution is -0.114. The lowest BCUT2D eigenvalue weighted by atomic mass is 10.2. The molecule has 0 atom stereocenters. The summed E-state index contributed by atoms with van der Waals surface area (Å²) in [5.41, 5.74) is 2.02. The zero-order valence-corrected chi connectivity index (χ0v) is 14.1. The smallest absolute Gasteiger partial charge is 0.251 e. The first-order chi connectivity index (χ1) is 12.7. The van der Waals surface area contributed by atoms with Crippen LogP contribution in [0.4, 0.5) is 11.4 Å². The normalized spacial score (nSPS) is 10.2. The Bertz CT molecular complexity index is 844. The standard InChI is InChI=1S/C20H19N3O3/c24-19(14-21-16-5-2-1-3-6-16)23-17-10-8-15(9-11-17)20(25)22-13-18-7-4-12-26-18/h1-12,21H,13-14H2,(H,22,25)(H,23,24). The predicted octanol–water partition coefficient (Wildman–Crippen LogP) is 3.26. The van der Waals surface area contributed by atoms with E-state index in [2.05, 4.69) is 16.0 Å². The maximum atomic E-state index is 12.1. The molecule has 6 nitrogen and oxygen atoms in total. The number of furan rings is 1. The van der Waals surface area contributed by atoms with Gasteiger partial charge in [0.25, 0.3) is 5.91 Å². The Kier molecular flexibility index (Phi) is 5.67. The summed E-state index contributed by atoms with van der Waals surface area (Å²) in [4.78, 5) is 24.1. The Labute approximate surface area is 151 Å². The number of para-hydroxylation sites is 1. The molecular weight excluding hydrogens is 330 g/mol. The van der Waals surface area contributed by atoms with Gasteiger partial charge in [-0.25, -0.2) is 0 Å². The second-order valence-corrected chi connectivity index (χ2v) is 5.61. The highest BCUT2D eigenvalue weighted by atomic mass is 16.3. The lowest BCUT2D eigenvalue weighted by Gasteiger charge is -2.08. The van der Waals surface area contributed by atoms with E-state index in [1.807, 2.05) is 30.3 Å². The van der Waals surface area contributed by atoms with Crippen molar-refractivity contribution in [2.75, 3.05) is 17.2 Å². The predicted molar refractivity (Wildman–Crippen MR) is 99.9 cm³/mol. The van der Waals surface area contributed by atoms with Crippen LogP contribution in [0, 0.1) is 0 Å². The molecule has 1 aromatic heterocycles. The van der Waals surface area contributed by atoms with Crippen LogP contribution in [-0.2, 0) is 11.3 Å². The van der Waals surface area contributed by atoms with Crippen LogP contribution in [0.3, 0.4) is 0 Å². The van der Waals surface area contributed by atoms with Gasteiger partial charge in [0.1, 0.15) is 5.76 Å². The summed E-state index contributed by atoms with van der Waals surface area (Å²) >= 11 is 0. The lowest BCUT2D eigenvalue weighted by Crippen LogP contribution is -2.23. The molecule has 0 bridgehead atoms. The Morgan fingerprint density at radius 3 is 2.31 bits per heavy atom. The molecule has 0 saturated heterocycles. The largest absolute Gasteiger partial charge is 0.467 e. The van der Waals surface area contributed by atoms with Gasteiger partial charge in [-0.3, -0.25) is 9.59 Å². The number of hydrogen-bond acceptors (Lipinski definition) is 4. The van der Waals surface area contributed by atoms with Crippen LogP contribution in [0.2, 0.25) is 0 Å². The van der Waals surface area contributed by atoms with Gasteiger partial charge in [-0.05, 0) is 48.5 Å². The van der Waals surface area contributed by atoms with Crippen molar-refractivity contribution in [2.24, 2.45) is 0 Å². The van der Waals surface area contributed by atoms with E-state index in [1.54, 1.807) is 42.7 Å². The highest BCUT2D eigenvalue weighted by Gasteiger charge is 2.07. The summed E-state index contributed by atoms with van der Waals surface area (Å²) < 4.78 is 5.17. The van der Waals surface area contributed by atoms with Gasteiger partial charge in [-0.2, -0.15) is 0 Å². The molecule has 0 saturated carbocycles. The summed E-state index contributed by atoms with van der Waals surface area (Å²) in [6.07, 6.45) is 1.56. The minimum atomic E-state index is -0.204. The number of nitrogens with one attached hydrogen (secondary N) is 3. The summed E-state index contributed by atoms with van der Waals surface area (Å²) in [5.74, 6) is 0.321. The number of rotatable bonds is 7. The van der Waals surface area contributed by atoms with Crippen molar-refractivity contribution in [3.63, 3.8) is 0 Å². The SMILES string of the molecule is O=C(CNc1ccccc1)Nc1ccc(C(=O)NCc2ccco2)cc1. The van der Waals surface area contributed by atoms with Gasteiger partial charge in [0.2, 0.25) is 5.91 Å². The molecule has 3 aromatic rings. The minimum Gasteiger partial charge on any atom is -0.467 e. The van der Waals surface area contributed by atoms with Crippen molar-refractivity contribution in [3.8, 4) is 0 Å². The molecule has 132 valence electrons. The van der Waals surface area contributed by atoms with Crippen molar-refractivity contribution < 1.29 is 14.0 Å². The van der Waals surface area contributed by atoms with E-state index in [-0.39, 0.29) is 18.4 Å². The van der Waals surface area contributed by atoms with Gasteiger partial charge < -0.3 is 20.4 Å². The van der Waals surface area contributed by atoms with Crippen molar-refractivity contribution in [3.05, 3.63) is 84.3 Å². The summed E-state index contributed by atoms with van der Waals surface area (Å²) in [6.45, 7) is 0.491. The number of benzene rings is 2. The van der Waals surface area contributed by atoms with E-state index in [9.17, 15) is 9.59 Å². The molecule has 2 aromatic carbocycles. The second-order valence-electron chi connectivity index (χ2n) is 5.61. The van der Waals surface area contributed by atoms with E-state index in [4.69, 9.17) is 4.42 Å². The summed E-state index contributed by atoms with van der Waals surface area (Å²) in [7, 11) is 0. The molecule has 3 N–H and O–H groups in total. The quantitative estimate of drug-likeness (QED) is 0.611. The zero-order valence-electron chi connectivity index (χ0n) is 14.1. The fourth-order valence-electron chi connectivity index (χ4n) is 2.33. The van der Waals surface area contributed by atoms with Crippen LogP contribution in [0.15, 0.2) is 77.4 Å². The number of carbonyl (C=O) groups is 2. The molecule has 0 spiro atoms. The second kappa shape index (κ2) is 8.53. The minimum absolute atomic E-state index is 0.162. The van der Waals surface area contributed by atoms with Gasteiger partial charge in [0.05, 0.1) is 19.4 Å². The number of hydrogen-bond donors (Lipinski definition) is 3. The third-order valence-electron chi connectivity index (χ3n) is 3.66. The Hall–Kier alpha value is -3.54. The number of anilines is 2. The maximum Gasteiger partial charge on any atom is 0.251 e. The number of amides is 2. The topological polar surface area (TPSA) is 83.4 Å². The first kappa shape index (κ1) is 17.3. The van der Waals surface area contributed by atoms with Gasteiger partial charge in [-0.1, -0.05) is 18.2 Å². The molecule has 0 aliphatic heterocycles. The van der Waals surface area contributed by atoms with Crippen LogP contribution in [0.5, 0.6) is 0 Å². The van der Waals surface area contributed by atoms with Crippen LogP contribution < -0.4 is 16.0 Å². The van der Waals surface area contributed by atoms with E-state index in [0.717, 1.165) is 5.69 Å². The monoisotopic (exact) mass is 349 g/mol. The first-order valence-corrected chi connectivity index (χ1v) is 8.20. The molecule has 2 amide bonds. The van der Waals surface area contributed by atoms with Crippen LogP contribution in [-0.4, -0.2) is 18.4 Å². The van der Waals surface area contributed by atoms with E-state index >= 15 is 0 Å². The average Bonchev–Trinajstić information content (AvgIpc) is 3.19. The fraction of sp³-hybridized carbons (Fsp3) is 0.100. The van der Waals surface area contributed by atoms with Crippen LogP contribution in [0.25, 0.3) is 0 Å². The van der Waals surface area contributed by atoms with Gasteiger partial charge in [0.15, 0.2) is 0 Å². The zero-order chi connectivity index (χ0) is 18.2. The highest BCUT2D eigenvalue weighted by Crippen LogP contribution is 2.10. The van der Waals surface area contributed by atoms with Crippen LogP contribution in [0.1, 0.15) is 16.1 Å². The molecule has 0 unspecified atom stereocenters. The Morgan fingerprint density at radius 1 is 0.846 bits per heavy atom. The number of carbonyl (C=O) groups excluding carboxylic acids is 2. The molecular formula is C20H19N3O3. The Balaban J connectivity index is 1.47. The molecule has 1 heterocycles. The van der Waals surface area contributed by atoms with E-state index in [0.29, 0.717) is 23.6 Å². The molecule has 0 aliphatic rings. The molecule has 0 radical (unpaired) electrons. The fourth-order valence-corrected chi connectivity index (χ4v) is 2.33. The van der Waals surface area contributed by atoms with Gasteiger partial charge in [-0.15, -0.1) is 0 Å².